The average Bonchev–Trinajstić information content (AvgIpc) is 2.59. The molecule has 2 aliphatic heterocycles. The van der Waals surface area contributed by atoms with Crippen molar-refractivity contribution in [1.82, 2.24) is 15.1 Å². The number of ether oxygens (including phenoxy) is 1. The van der Waals surface area contributed by atoms with Crippen LogP contribution in [-0.4, -0.2) is 73.1 Å². The first-order chi connectivity index (χ1) is 10.0. The van der Waals surface area contributed by atoms with E-state index in [4.69, 9.17) is 4.74 Å². The maximum absolute atomic E-state index is 12.9. The van der Waals surface area contributed by atoms with Gasteiger partial charge in [-0.05, 0) is 19.9 Å². The monoisotopic (exact) mass is 297 g/mol. The molecule has 1 unspecified atom stereocenters. The van der Waals surface area contributed by atoms with Crippen LogP contribution in [0, 0.1) is 0 Å². The van der Waals surface area contributed by atoms with Crippen LogP contribution in [-0.2, 0) is 14.3 Å². The fraction of sp³-hybridized carbons (Fsp3) is 0.867. The minimum atomic E-state index is -0.742. The maximum Gasteiger partial charge on any atom is 0.248 e. The molecule has 2 aliphatic rings. The summed E-state index contributed by atoms with van der Waals surface area (Å²) in [5, 5.41) is 2.94. The van der Waals surface area contributed by atoms with Crippen molar-refractivity contribution in [2.45, 2.75) is 44.8 Å². The zero-order valence-electron chi connectivity index (χ0n) is 13.4. The van der Waals surface area contributed by atoms with E-state index in [1.165, 1.54) is 0 Å². The topological polar surface area (TPSA) is 61.9 Å². The minimum Gasteiger partial charge on any atom is -0.374 e. The summed E-state index contributed by atoms with van der Waals surface area (Å²) in [6.45, 7) is 7.42. The van der Waals surface area contributed by atoms with Gasteiger partial charge in [0.2, 0.25) is 11.8 Å². The lowest BCUT2D eigenvalue weighted by molar-refractivity contribution is -0.141. The zero-order chi connectivity index (χ0) is 15.5. The number of rotatable bonds is 4. The Labute approximate surface area is 126 Å². The molecule has 0 aromatic heterocycles. The first kappa shape index (κ1) is 16.2. The second kappa shape index (κ2) is 6.75. The molecule has 0 bridgehead atoms. The molecule has 0 aromatic carbocycles. The first-order valence-corrected chi connectivity index (χ1v) is 7.91. The Morgan fingerprint density at radius 3 is 2.62 bits per heavy atom. The quantitative estimate of drug-likeness (QED) is 0.806. The highest BCUT2D eigenvalue weighted by atomic mass is 16.5. The third-order valence-corrected chi connectivity index (χ3v) is 4.66. The summed E-state index contributed by atoms with van der Waals surface area (Å²) in [5.41, 5.74) is -0.742. The Kier molecular flexibility index (Phi) is 5.22. The van der Waals surface area contributed by atoms with Crippen molar-refractivity contribution in [2.24, 2.45) is 0 Å². The van der Waals surface area contributed by atoms with Gasteiger partial charge in [-0.25, -0.2) is 0 Å². The number of hydrogen-bond donors (Lipinski definition) is 1. The number of carbonyl (C=O) groups is 2. The van der Waals surface area contributed by atoms with Gasteiger partial charge < -0.3 is 19.9 Å². The van der Waals surface area contributed by atoms with Crippen LogP contribution in [0.2, 0.25) is 0 Å². The van der Waals surface area contributed by atoms with Crippen molar-refractivity contribution in [2.75, 3.05) is 39.8 Å². The Bertz CT molecular complexity index is 396. The van der Waals surface area contributed by atoms with Gasteiger partial charge in [-0.3, -0.25) is 9.59 Å². The molecular formula is C15H27N3O3. The third-order valence-electron chi connectivity index (χ3n) is 4.66. The van der Waals surface area contributed by atoms with Gasteiger partial charge in [-0.1, -0.05) is 13.8 Å². The summed E-state index contributed by atoms with van der Waals surface area (Å²) >= 11 is 0. The van der Waals surface area contributed by atoms with Gasteiger partial charge in [-0.2, -0.15) is 0 Å². The van der Waals surface area contributed by atoms with Gasteiger partial charge in [0, 0.05) is 32.6 Å². The minimum absolute atomic E-state index is 0.0313. The summed E-state index contributed by atoms with van der Waals surface area (Å²) in [4.78, 5) is 28.8. The number of morpholine rings is 1. The van der Waals surface area contributed by atoms with Gasteiger partial charge >= 0.3 is 0 Å². The second-order valence-electron chi connectivity index (χ2n) is 6.09. The van der Waals surface area contributed by atoms with Crippen LogP contribution in [0.1, 0.15) is 33.1 Å². The standard InChI is InChI=1S/C15H27N3O3/c1-4-15(5-2)14(20)18(7-6-13(19)16-15)11-12-10-17(3)8-9-21-12/h12H,4-11H2,1-3H3,(H,16,19). The Hall–Kier alpha value is -1.14. The normalized spacial score (nSPS) is 27.4. The van der Waals surface area contributed by atoms with Crippen LogP contribution in [0.5, 0.6) is 0 Å². The van der Waals surface area contributed by atoms with Gasteiger partial charge in [0.15, 0.2) is 0 Å². The highest BCUT2D eigenvalue weighted by molar-refractivity contribution is 5.93. The van der Waals surface area contributed by atoms with Crippen LogP contribution in [0.15, 0.2) is 0 Å². The molecule has 120 valence electrons. The summed E-state index contributed by atoms with van der Waals surface area (Å²) in [6.07, 6.45) is 1.65. The van der Waals surface area contributed by atoms with Crippen LogP contribution >= 0.6 is 0 Å². The molecule has 1 N–H and O–H groups in total. The van der Waals surface area contributed by atoms with E-state index in [2.05, 4.69) is 17.3 Å². The van der Waals surface area contributed by atoms with E-state index in [-0.39, 0.29) is 17.9 Å². The van der Waals surface area contributed by atoms with Crippen LogP contribution in [0.4, 0.5) is 0 Å². The number of hydrogen-bond acceptors (Lipinski definition) is 4. The molecule has 0 aliphatic carbocycles. The maximum atomic E-state index is 12.9. The molecule has 0 saturated carbocycles. The van der Waals surface area contributed by atoms with Crippen molar-refractivity contribution in [1.29, 1.82) is 0 Å². The smallest absolute Gasteiger partial charge is 0.248 e. The molecule has 2 fully saturated rings. The highest BCUT2D eigenvalue weighted by Gasteiger charge is 2.42. The fourth-order valence-electron chi connectivity index (χ4n) is 3.15. The molecule has 1 atom stereocenters. The summed E-state index contributed by atoms with van der Waals surface area (Å²) in [7, 11) is 2.06. The lowest BCUT2D eigenvalue weighted by Crippen LogP contribution is -2.58. The molecule has 21 heavy (non-hydrogen) atoms. The van der Waals surface area contributed by atoms with Gasteiger partial charge in [0.1, 0.15) is 5.54 Å². The first-order valence-electron chi connectivity index (χ1n) is 7.91. The van der Waals surface area contributed by atoms with Gasteiger partial charge in [0.05, 0.1) is 12.7 Å². The molecule has 6 nitrogen and oxygen atoms in total. The molecule has 2 rings (SSSR count). The molecule has 2 heterocycles. The Morgan fingerprint density at radius 2 is 2.00 bits per heavy atom. The molecule has 2 amide bonds. The van der Waals surface area contributed by atoms with E-state index in [0.29, 0.717) is 39.0 Å². The lowest BCUT2D eigenvalue weighted by Gasteiger charge is -2.37. The molecule has 0 radical (unpaired) electrons. The Balaban J connectivity index is 2.10. The molecule has 0 spiro atoms. The van der Waals surface area contributed by atoms with E-state index < -0.39 is 5.54 Å². The number of carbonyl (C=O) groups excluding carboxylic acids is 2. The molecular weight excluding hydrogens is 270 g/mol. The number of amides is 2. The predicted molar refractivity (Wildman–Crippen MR) is 79.9 cm³/mol. The number of nitrogens with one attached hydrogen (secondary N) is 1. The lowest BCUT2D eigenvalue weighted by atomic mass is 9.91. The number of nitrogens with zero attached hydrogens (tertiary/aromatic N) is 2. The highest BCUT2D eigenvalue weighted by Crippen LogP contribution is 2.22. The van der Waals surface area contributed by atoms with Crippen LogP contribution in [0.3, 0.4) is 0 Å². The summed E-state index contributed by atoms with van der Waals surface area (Å²) < 4.78 is 5.76. The van der Waals surface area contributed by atoms with Gasteiger partial charge in [-0.15, -0.1) is 0 Å². The van der Waals surface area contributed by atoms with E-state index >= 15 is 0 Å². The average molecular weight is 297 g/mol. The SMILES string of the molecule is CCC1(CC)NC(=O)CCN(CC2CN(C)CCO2)C1=O. The summed E-state index contributed by atoms with van der Waals surface area (Å²) in [6, 6.07) is 0. The van der Waals surface area contributed by atoms with E-state index in [0.717, 1.165) is 13.1 Å². The third kappa shape index (κ3) is 3.55. The van der Waals surface area contributed by atoms with Crippen LogP contribution in [0.25, 0.3) is 0 Å². The van der Waals surface area contributed by atoms with Crippen molar-refractivity contribution < 1.29 is 14.3 Å². The van der Waals surface area contributed by atoms with Crippen molar-refractivity contribution in [3.63, 3.8) is 0 Å². The second-order valence-corrected chi connectivity index (χ2v) is 6.09. The fourth-order valence-corrected chi connectivity index (χ4v) is 3.15. The van der Waals surface area contributed by atoms with Crippen molar-refractivity contribution in [3.8, 4) is 0 Å². The largest absolute Gasteiger partial charge is 0.374 e. The predicted octanol–water partition coefficient (Wildman–Crippen LogP) is 0.224. The van der Waals surface area contributed by atoms with Crippen LogP contribution < -0.4 is 5.32 Å². The summed E-state index contributed by atoms with van der Waals surface area (Å²) in [5.74, 6) is 0.00593. The van der Waals surface area contributed by atoms with E-state index in [1.807, 2.05) is 18.7 Å². The van der Waals surface area contributed by atoms with Crippen molar-refractivity contribution in [3.05, 3.63) is 0 Å². The zero-order valence-corrected chi connectivity index (χ0v) is 13.4. The van der Waals surface area contributed by atoms with E-state index in [1.54, 1.807) is 0 Å². The molecule has 2 saturated heterocycles. The molecule has 0 aromatic rings. The number of likely N-dealkylation sites (N-methyl/N-ethyl adjacent to an activating group) is 1. The Morgan fingerprint density at radius 1 is 1.29 bits per heavy atom. The van der Waals surface area contributed by atoms with E-state index in [9.17, 15) is 9.59 Å². The van der Waals surface area contributed by atoms with Gasteiger partial charge in [0.25, 0.3) is 0 Å². The molecule has 6 heteroatoms. The van der Waals surface area contributed by atoms with Crippen molar-refractivity contribution >= 4 is 11.8 Å².